The highest BCUT2D eigenvalue weighted by atomic mass is 16.4. The zero-order valence-electron chi connectivity index (χ0n) is 9.47. The number of imide groups is 1. The summed E-state index contributed by atoms with van der Waals surface area (Å²) in [6, 6.07) is -1.65. The first-order valence-corrected chi connectivity index (χ1v) is 4.91. The van der Waals surface area contributed by atoms with Crippen LogP contribution in [-0.2, 0) is 14.4 Å². The fraction of sp³-hybridized carbons (Fsp3) is 0.556. The molecule has 0 bridgehead atoms. The van der Waals surface area contributed by atoms with Gasteiger partial charge in [0.1, 0.15) is 12.6 Å². The number of nitrogens with zero attached hydrogens (tertiary/aromatic N) is 2. The summed E-state index contributed by atoms with van der Waals surface area (Å²) in [4.78, 5) is 46.4. The molecule has 0 radical (unpaired) electrons. The Balaban J connectivity index is 2.63. The number of carboxylic acid groups (broad SMARTS) is 1. The molecule has 0 spiro atoms. The van der Waals surface area contributed by atoms with Crippen molar-refractivity contribution >= 4 is 23.8 Å². The van der Waals surface area contributed by atoms with E-state index in [1.807, 2.05) is 0 Å². The first-order valence-electron chi connectivity index (χ1n) is 4.91. The molecule has 0 saturated carbocycles. The SMILES string of the molecule is CC(C(=O)O)N(C)C(=O)CN1C(=O)CNC1=O. The number of likely N-dealkylation sites (N-methyl/N-ethyl adjacent to an activating group) is 1. The molecular weight excluding hydrogens is 230 g/mol. The Kier molecular flexibility index (Phi) is 3.66. The number of carboxylic acids is 1. The maximum absolute atomic E-state index is 11.6. The average molecular weight is 243 g/mol. The molecule has 1 rings (SSSR count). The molecule has 1 saturated heterocycles. The number of hydrogen-bond donors (Lipinski definition) is 2. The Bertz CT molecular complexity index is 365. The van der Waals surface area contributed by atoms with E-state index in [9.17, 15) is 19.2 Å². The van der Waals surface area contributed by atoms with E-state index in [0.29, 0.717) is 0 Å². The Morgan fingerprint density at radius 3 is 2.53 bits per heavy atom. The van der Waals surface area contributed by atoms with Gasteiger partial charge in [-0.05, 0) is 6.92 Å². The van der Waals surface area contributed by atoms with Gasteiger partial charge in [-0.25, -0.2) is 9.59 Å². The minimum absolute atomic E-state index is 0.135. The maximum atomic E-state index is 11.6. The van der Waals surface area contributed by atoms with Crippen LogP contribution in [0.25, 0.3) is 0 Å². The molecule has 2 N–H and O–H groups in total. The van der Waals surface area contributed by atoms with E-state index in [-0.39, 0.29) is 6.54 Å². The summed E-state index contributed by atoms with van der Waals surface area (Å²) in [5, 5.41) is 11.0. The third-order valence-electron chi connectivity index (χ3n) is 2.56. The average Bonchev–Trinajstić information content (AvgIpc) is 2.58. The van der Waals surface area contributed by atoms with Crippen LogP contribution in [0.2, 0.25) is 0 Å². The molecule has 94 valence electrons. The number of amides is 4. The molecule has 1 fully saturated rings. The summed E-state index contributed by atoms with van der Waals surface area (Å²) in [5.41, 5.74) is 0. The second-order valence-corrected chi connectivity index (χ2v) is 3.66. The number of hydrogen-bond acceptors (Lipinski definition) is 4. The first kappa shape index (κ1) is 12.9. The van der Waals surface area contributed by atoms with Crippen molar-refractivity contribution in [1.82, 2.24) is 15.1 Å². The molecule has 0 aliphatic carbocycles. The number of nitrogens with one attached hydrogen (secondary N) is 1. The van der Waals surface area contributed by atoms with Crippen LogP contribution in [0.3, 0.4) is 0 Å². The molecule has 1 unspecified atom stereocenters. The normalized spacial score (nSPS) is 16.7. The van der Waals surface area contributed by atoms with E-state index in [1.54, 1.807) is 0 Å². The second kappa shape index (κ2) is 4.81. The van der Waals surface area contributed by atoms with E-state index in [2.05, 4.69) is 5.32 Å². The van der Waals surface area contributed by atoms with Crippen molar-refractivity contribution in [3.8, 4) is 0 Å². The van der Waals surface area contributed by atoms with Crippen molar-refractivity contribution in [1.29, 1.82) is 0 Å². The molecule has 0 aromatic heterocycles. The molecule has 1 heterocycles. The standard InChI is InChI=1S/C9H13N3O5/c1-5(8(15)16)11(2)7(14)4-12-6(13)3-10-9(12)17/h5H,3-4H2,1-2H3,(H,10,17)(H,15,16). The van der Waals surface area contributed by atoms with Crippen LogP contribution in [0.1, 0.15) is 6.92 Å². The summed E-state index contributed by atoms with van der Waals surface area (Å²) >= 11 is 0. The first-order chi connectivity index (χ1) is 7.84. The van der Waals surface area contributed by atoms with Gasteiger partial charge in [0.2, 0.25) is 5.91 Å². The quantitative estimate of drug-likeness (QED) is 0.582. The predicted molar refractivity (Wildman–Crippen MR) is 55.0 cm³/mol. The van der Waals surface area contributed by atoms with Gasteiger partial charge in [0.15, 0.2) is 0 Å². The lowest BCUT2D eigenvalue weighted by Crippen LogP contribution is -2.46. The monoisotopic (exact) mass is 243 g/mol. The molecule has 0 aromatic carbocycles. The van der Waals surface area contributed by atoms with Gasteiger partial charge in [0.25, 0.3) is 5.91 Å². The van der Waals surface area contributed by atoms with Gasteiger partial charge < -0.3 is 15.3 Å². The Morgan fingerprint density at radius 2 is 2.12 bits per heavy atom. The number of rotatable bonds is 4. The van der Waals surface area contributed by atoms with E-state index in [0.717, 1.165) is 9.80 Å². The highest BCUT2D eigenvalue weighted by Crippen LogP contribution is 2.02. The smallest absolute Gasteiger partial charge is 0.326 e. The lowest BCUT2D eigenvalue weighted by molar-refractivity contribution is -0.148. The van der Waals surface area contributed by atoms with Gasteiger partial charge >= 0.3 is 12.0 Å². The molecule has 8 heteroatoms. The van der Waals surface area contributed by atoms with E-state index in [1.165, 1.54) is 14.0 Å². The van der Waals surface area contributed by atoms with Crippen LogP contribution in [0.4, 0.5) is 4.79 Å². The summed E-state index contributed by atoms with van der Waals surface area (Å²) in [6.45, 7) is 0.759. The molecule has 1 aliphatic heterocycles. The fourth-order valence-electron chi connectivity index (χ4n) is 1.24. The van der Waals surface area contributed by atoms with Gasteiger partial charge in [0.05, 0.1) is 6.54 Å². The number of carbonyl (C=O) groups excluding carboxylic acids is 3. The lowest BCUT2D eigenvalue weighted by atomic mass is 10.3. The summed E-state index contributed by atoms with van der Waals surface area (Å²) < 4.78 is 0. The molecule has 17 heavy (non-hydrogen) atoms. The molecule has 1 aliphatic rings. The minimum Gasteiger partial charge on any atom is -0.480 e. The third-order valence-corrected chi connectivity index (χ3v) is 2.56. The molecular formula is C9H13N3O5. The van der Waals surface area contributed by atoms with E-state index in [4.69, 9.17) is 5.11 Å². The number of aliphatic carboxylic acids is 1. The van der Waals surface area contributed by atoms with Gasteiger partial charge in [-0.3, -0.25) is 14.5 Å². The lowest BCUT2D eigenvalue weighted by Gasteiger charge is -2.23. The Morgan fingerprint density at radius 1 is 1.53 bits per heavy atom. The van der Waals surface area contributed by atoms with Gasteiger partial charge in [-0.15, -0.1) is 0 Å². The summed E-state index contributed by atoms with van der Waals surface area (Å²) in [7, 11) is 1.31. The molecule has 8 nitrogen and oxygen atoms in total. The van der Waals surface area contributed by atoms with Crippen LogP contribution in [0.5, 0.6) is 0 Å². The third kappa shape index (κ3) is 2.71. The van der Waals surface area contributed by atoms with E-state index >= 15 is 0 Å². The van der Waals surface area contributed by atoms with Crippen molar-refractivity contribution in [3.05, 3.63) is 0 Å². The van der Waals surface area contributed by atoms with Crippen molar-refractivity contribution in [3.63, 3.8) is 0 Å². The highest BCUT2D eigenvalue weighted by Gasteiger charge is 2.32. The van der Waals surface area contributed by atoms with Crippen LogP contribution >= 0.6 is 0 Å². The van der Waals surface area contributed by atoms with Gasteiger partial charge in [-0.1, -0.05) is 0 Å². The van der Waals surface area contributed by atoms with Gasteiger partial charge in [-0.2, -0.15) is 0 Å². The Labute approximate surface area is 97.2 Å². The topological polar surface area (TPSA) is 107 Å². The van der Waals surface area contributed by atoms with Crippen molar-refractivity contribution in [2.75, 3.05) is 20.1 Å². The number of carbonyl (C=O) groups is 4. The molecule has 1 atom stereocenters. The zero-order chi connectivity index (χ0) is 13.2. The van der Waals surface area contributed by atoms with Crippen LogP contribution < -0.4 is 5.32 Å². The summed E-state index contributed by atoms with van der Waals surface area (Å²) in [6.07, 6.45) is 0. The fourth-order valence-corrected chi connectivity index (χ4v) is 1.24. The predicted octanol–water partition coefficient (Wildman–Crippen LogP) is -1.53. The van der Waals surface area contributed by atoms with Crippen LogP contribution in [0, 0.1) is 0 Å². The molecule has 4 amide bonds. The Hall–Kier alpha value is -2.12. The number of urea groups is 1. The van der Waals surface area contributed by atoms with Crippen molar-refractivity contribution < 1.29 is 24.3 Å². The van der Waals surface area contributed by atoms with Gasteiger partial charge in [0, 0.05) is 7.05 Å². The molecule has 0 aromatic rings. The maximum Gasteiger partial charge on any atom is 0.326 e. The van der Waals surface area contributed by atoms with E-state index < -0.39 is 36.4 Å². The highest BCUT2D eigenvalue weighted by molar-refractivity contribution is 6.04. The summed E-state index contributed by atoms with van der Waals surface area (Å²) in [5.74, 6) is -2.26. The minimum atomic E-state index is -1.15. The van der Waals surface area contributed by atoms with Crippen molar-refractivity contribution in [2.24, 2.45) is 0 Å². The second-order valence-electron chi connectivity index (χ2n) is 3.66. The zero-order valence-corrected chi connectivity index (χ0v) is 9.47. The van der Waals surface area contributed by atoms with Crippen molar-refractivity contribution in [2.45, 2.75) is 13.0 Å². The van der Waals surface area contributed by atoms with Crippen LogP contribution in [-0.4, -0.2) is 64.9 Å². The van der Waals surface area contributed by atoms with Crippen LogP contribution in [0.15, 0.2) is 0 Å². The largest absolute Gasteiger partial charge is 0.480 e.